The van der Waals surface area contributed by atoms with Gasteiger partial charge in [-0.2, -0.15) is 0 Å². The molecule has 3 aromatic carbocycles. The van der Waals surface area contributed by atoms with Crippen molar-refractivity contribution in [2.45, 2.75) is 22.6 Å². The second-order valence-electron chi connectivity index (χ2n) is 10.1. The van der Waals surface area contributed by atoms with Crippen molar-refractivity contribution in [3.05, 3.63) is 77.9 Å². The van der Waals surface area contributed by atoms with Crippen molar-refractivity contribution in [2.24, 2.45) is 0 Å². The lowest BCUT2D eigenvalue weighted by atomic mass is 10.0. The molecule has 0 spiro atoms. The number of sulfonamides is 1. The lowest BCUT2D eigenvalue weighted by Gasteiger charge is -2.30. The van der Waals surface area contributed by atoms with Crippen LogP contribution in [0.4, 0.5) is 10.8 Å². The summed E-state index contributed by atoms with van der Waals surface area (Å²) in [5.74, 6) is -0.199. The molecule has 0 radical (unpaired) electrons. The van der Waals surface area contributed by atoms with E-state index in [2.05, 4.69) is 11.0 Å². The van der Waals surface area contributed by atoms with Crippen molar-refractivity contribution < 1.29 is 17.9 Å². The fraction of sp³-hybridized carbons (Fsp3) is 0.333. The summed E-state index contributed by atoms with van der Waals surface area (Å²) in [4.78, 5) is 24.1. The molecule has 0 atom stereocenters. The van der Waals surface area contributed by atoms with Crippen LogP contribution in [0.2, 0.25) is 0 Å². The van der Waals surface area contributed by atoms with Crippen LogP contribution in [-0.4, -0.2) is 76.4 Å². The summed E-state index contributed by atoms with van der Waals surface area (Å²) < 4.78 is 35.2. The minimum Gasteiger partial charge on any atom is -0.379 e. The van der Waals surface area contributed by atoms with Crippen LogP contribution in [0.3, 0.4) is 0 Å². The van der Waals surface area contributed by atoms with E-state index in [9.17, 15) is 13.2 Å². The maximum Gasteiger partial charge on any atom is 0.264 e. The Morgan fingerprint density at radius 1 is 1.05 bits per heavy atom. The third-order valence-electron chi connectivity index (χ3n) is 7.56. The van der Waals surface area contributed by atoms with E-state index in [1.807, 2.05) is 42.7 Å². The molecule has 214 valence electrons. The average Bonchev–Trinajstić information content (AvgIpc) is 3.44. The molecule has 2 aliphatic rings. The number of hydrogen-bond donors (Lipinski definition) is 0. The molecule has 11 heteroatoms. The first-order chi connectivity index (χ1) is 19.9. The maximum absolute atomic E-state index is 13.9. The second-order valence-corrected chi connectivity index (χ2v) is 13.8. The number of thioether (sulfide) groups is 1. The number of thiazole rings is 1. The SMILES string of the molecule is CSc1ccc2nc(N(CCN3CCOCC3)C(=O)c3ccc(S(=O)(=O)N4CCCc5ccccc54)cc3)sc2c1. The highest BCUT2D eigenvalue weighted by Crippen LogP contribution is 2.34. The molecule has 1 saturated heterocycles. The zero-order chi connectivity index (χ0) is 28.4. The summed E-state index contributed by atoms with van der Waals surface area (Å²) in [6.07, 6.45) is 3.67. The van der Waals surface area contributed by atoms with E-state index in [0.717, 1.165) is 52.3 Å². The van der Waals surface area contributed by atoms with Gasteiger partial charge in [-0.1, -0.05) is 29.5 Å². The summed E-state index contributed by atoms with van der Waals surface area (Å²) in [6, 6.07) is 20.1. The largest absolute Gasteiger partial charge is 0.379 e. The quantitative estimate of drug-likeness (QED) is 0.256. The lowest BCUT2D eigenvalue weighted by molar-refractivity contribution is 0.0391. The molecule has 41 heavy (non-hydrogen) atoms. The van der Waals surface area contributed by atoms with Crippen LogP contribution >= 0.6 is 23.1 Å². The molecule has 1 amide bonds. The third kappa shape index (κ3) is 5.87. The van der Waals surface area contributed by atoms with Gasteiger partial charge in [0.15, 0.2) is 5.13 Å². The Labute approximate surface area is 249 Å². The number of hydrogen-bond acceptors (Lipinski definition) is 8. The summed E-state index contributed by atoms with van der Waals surface area (Å²) in [7, 11) is -3.76. The van der Waals surface area contributed by atoms with Crippen LogP contribution in [-0.2, 0) is 21.2 Å². The van der Waals surface area contributed by atoms with Gasteiger partial charge in [-0.15, -0.1) is 11.8 Å². The Morgan fingerprint density at radius 3 is 2.61 bits per heavy atom. The Kier molecular flexibility index (Phi) is 8.32. The summed E-state index contributed by atoms with van der Waals surface area (Å²) in [5.41, 5.74) is 3.04. The molecule has 0 saturated carbocycles. The monoisotopic (exact) mass is 608 g/mol. The number of ether oxygens (including phenoxy) is 1. The minimum atomic E-state index is -3.76. The average molecular weight is 609 g/mol. The summed E-state index contributed by atoms with van der Waals surface area (Å²) in [5, 5.41) is 0.637. The Hall–Kier alpha value is -2.96. The Balaban J connectivity index is 1.28. The van der Waals surface area contributed by atoms with E-state index in [4.69, 9.17) is 9.72 Å². The van der Waals surface area contributed by atoms with Gasteiger partial charge in [-0.05, 0) is 73.2 Å². The van der Waals surface area contributed by atoms with Crippen molar-refractivity contribution in [3.8, 4) is 0 Å². The third-order valence-corrected chi connectivity index (χ3v) is 11.2. The number of carbonyl (C=O) groups is 1. The normalized spacial score (nSPS) is 16.1. The van der Waals surface area contributed by atoms with Crippen molar-refractivity contribution in [2.75, 3.05) is 61.4 Å². The van der Waals surface area contributed by atoms with Crippen molar-refractivity contribution in [1.29, 1.82) is 0 Å². The van der Waals surface area contributed by atoms with Crippen LogP contribution in [0.1, 0.15) is 22.3 Å². The lowest BCUT2D eigenvalue weighted by Crippen LogP contribution is -2.43. The van der Waals surface area contributed by atoms with Gasteiger partial charge < -0.3 is 4.74 Å². The van der Waals surface area contributed by atoms with E-state index in [0.29, 0.717) is 43.5 Å². The Bertz CT molecular complexity index is 1650. The number of anilines is 2. The number of benzene rings is 3. The number of aromatic nitrogens is 1. The van der Waals surface area contributed by atoms with Crippen LogP contribution < -0.4 is 9.21 Å². The molecular formula is C30H32N4O4S3. The summed E-state index contributed by atoms with van der Waals surface area (Å²) >= 11 is 3.17. The fourth-order valence-electron chi connectivity index (χ4n) is 5.29. The van der Waals surface area contributed by atoms with Crippen LogP contribution in [0.25, 0.3) is 10.2 Å². The number of morpholine rings is 1. The number of amides is 1. The van der Waals surface area contributed by atoms with Gasteiger partial charge >= 0.3 is 0 Å². The molecule has 6 rings (SSSR count). The number of rotatable bonds is 8. The highest BCUT2D eigenvalue weighted by molar-refractivity contribution is 7.98. The minimum absolute atomic E-state index is 0.176. The molecule has 0 aliphatic carbocycles. The van der Waals surface area contributed by atoms with Crippen LogP contribution in [0, 0.1) is 0 Å². The van der Waals surface area contributed by atoms with Gasteiger partial charge in [0, 0.05) is 43.2 Å². The van der Waals surface area contributed by atoms with E-state index in [1.54, 1.807) is 40.9 Å². The molecule has 1 aromatic heterocycles. The topological polar surface area (TPSA) is 83.0 Å². The van der Waals surface area contributed by atoms with Gasteiger partial charge in [0.2, 0.25) is 0 Å². The van der Waals surface area contributed by atoms with Crippen molar-refractivity contribution >= 4 is 60.1 Å². The zero-order valence-corrected chi connectivity index (χ0v) is 25.3. The smallest absolute Gasteiger partial charge is 0.264 e. The molecule has 0 bridgehead atoms. The van der Waals surface area contributed by atoms with Gasteiger partial charge in [0.05, 0.1) is 34.0 Å². The first-order valence-corrected chi connectivity index (χ1v) is 17.2. The number of para-hydroxylation sites is 1. The molecule has 4 aromatic rings. The molecule has 0 N–H and O–H groups in total. The number of nitrogens with zero attached hydrogens (tertiary/aromatic N) is 4. The molecule has 8 nitrogen and oxygen atoms in total. The first-order valence-electron chi connectivity index (χ1n) is 13.7. The fourth-order valence-corrected chi connectivity index (χ4v) is 8.37. The van der Waals surface area contributed by atoms with Crippen LogP contribution in [0.5, 0.6) is 0 Å². The van der Waals surface area contributed by atoms with E-state index in [1.165, 1.54) is 15.6 Å². The molecule has 1 fully saturated rings. The number of aryl methyl sites for hydroxylation is 1. The van der Waals surface area contributed by atoms with Crippen molar-refractivity contribution in [3.63, 3.8) is 0 Å². The van der Waals surface area contributed by atoms with Crippen molar-refractivity contribution in [1.82, 2.24) is 9.88 Å². The standard InChI is InChI=1S/C30H32N4O4S3/c1-39-24-10-13-26-28(21-24)40-30(31-26)33(16-15-32-17-19-38-20-18-32)29(35)23-8-11-25(12-9-23)41(36,37)34-14-4-6-22-5-2-3-7-27(22)34/h2-3,5,7-13,21H,4,6,14-20H2,1H3. The van der Waals surface area contributed by atoms with Gasteiger partial charge in [0.25, 0.3) is 15.9 Å². The predicted molar refractivity (Wildman–Crippen MR) is 166 cm³/mol. The summed E-state index contributed by atoms with van der Waals surface area (Å²) in [6.45, 7) is 4.62. The Morgan fingerprint density at radius 2 is 1.83 bits per heavy atom. The molecular weight excluding hydrogens is 577 g/mol. The first kappa shape index (κ1) is 28.2. The number of fused-ring (bicyclic) bond motifs is 2. The second kappa shape index (κ2) is 12.1. The molecule has 0 unspecified atom stereocenters. The van der Waals surface area contributed by atoms with Gasteiger partial charge in [0.1, 0.15) is 0 Å². The zero-order valence-electron chi connectivity index (χ0n) is 22.9. The molecule has 2 aliphatic heterocycles. The predicted octanol–water partition coefficient (Wildman–Crippen LogP) is 5.14. The van der Waals surface area contributed by atoms with E-state index in [-0.39, 0.29) is 10.8 Å². The van der Waals surface area contributed by atoms with E-state index < -0.39 is 10.0 Å². The maximum atomic E-state index is 13.9. The van der Waals surface area contributed by atoms with Gasteiger partial charge in [-0.25, -0.2) is 13.4 Å². The number of carbonyl (C=O) groups excluding carboxylic acids is 1. The van der Waals surface area contributed by atoms with E-state index >= 15 is 0 Å². The van der Waals surface area contributed by atoms with Crippen LogP contribution in [0.15, 0.2) is 76.5 Å². The highest BCUT2D eigenvalue weighted by atomic mass is 32.2. The molecule has 3 heterocycles. The highest BCUT2D eigenvalue weighted by Gasteiger charge is 2.30. The van der Waals surface area contributed by atoms with Gasteiger partial charge in [-0.3, -0.25) is 18.9 Å².